The molecule has 2 heterocycles. The van der Waals surface area contributed by atoms with Crippen molar-refractivity contribution in [1.29, 1.82) is 0 Å². The fourth-order valence-corrected chi connectivity index (χ4v) is 3.70. The molecule has 0 atom stereocenters. The minimum atomic E-state index is -0.229. The number of carbonyl (C=O) groups excluding carboxylic acids is 4. The Bertz CT molecular complexity index is 662. The lowest BCUT2D eigenvalue weighted by Crippen LogP contribution is -2.32. The number of hydrogen-bond donors (Lipinski definition) is 1. The maximum Gasteiger partial charge on any atom is 0.224 e. The average Bonchev–Trinajstić information content (AvgIpc) is 3.29. The number of thiophene rings is 1. The molecule has 1 aliphatic heterocycles. The summed E-state index contributed by atoms with van der Waals surface area (Å²) in [6, 6.07) is 3.67. The van der Waals surface area contributed by atoms with E-state index < -0.39 is 0 Å². The van der Waals surface area contributed by atoms with Crippen LogP contribution in [-0.4, -0.2) is 47.9 Å². The number of ketones is 2. The Balaban J connectivity index is 1.55. The van der Waals surface area contributed by atoms with Crippen molar-refractivity contribution >= 4 is 34.7 Å². The molecule has 0 unspecified atom stereocenters. The van der Waals surface area contributed by atoms with E-state index in [2.05, 4.69) is 5.32 Å². The van der Waals surface area contributed by atoms with Gasteiger partial charge in [0.25, 0.3) is 0 Å². The highest BCUT2D eigenvalue weighted by molar-refractivity contribution is 7.14. The smallest absolute Gasteiger partial charge is 0.224 e. The Morgan fingerprint density at radius 2 is 1.69 bits per heavy atom. The van der Waals surface area contributed by atoms with Crippen LogP contribution in [0.1, 0.15) is 59.5 Å². The van der Waals surface area contributed by atoms with E-state index in [0.29, 0.717) is 17.8 Å². The summed E-state index contributed by atoms with van der Waals surface area (Å²) in [7, 11) is 0. The first kappa shape index (κ1) is 20.3. The summed E-state index contributed by atoms with van der Waals surface area (Å²) in [6.45, 7) is 3.86. The summed E-state index contributed by atoms with van der Waals surface area (Å²) >= 11 is 1.43. The Labute approximate surface area is 157 Å². The number of amides is 2. The van der Waals surface area contributed by atoms with Crippen molar-refractivity contribution in [3.63, 3.8) is 0 Å². The van der Waals surface area contributed by atoms with Crippen LogP contribution in [0.2, 0.25) is 0 Å². The molecule has 0 aliphatic carbocycles. The first-order valence-electron chi connectivity index (χ1n) is 9.11. The van der Waals surface area contributed by atoms with Gasteiger partial charge in [-0.3, -0.25) is 19.2 Å². The third-order valence-electron chi connectivity index (χ3n) is 4.40. The summed E-state index contributed by atoms with van der Waals surface area (Å²) in [5, 5.41) is 2.68. The first-order chi connectivity index (χ1) is 12.5. The zero-order valence-electron chi connectivity index (χ0n) is 15.2. The van der Waals surface area contributed by atoms with E-state index >= 15 is 0 Å². The molecule has 1 fully saturated rings. The predicted octanol–water partition coefficient (Wildman–Crippen LogP) is 2.50. The van der Waals surface area contributed by atoms with Gasteiger partial charge in [0.15, 0.2) is 5.78 Å². The SMILES string of the molecule is Cc1ccc(C(=O)CCC(=O)CCC(=O)NCCC(=O)N2CCCC2)s1. The van der Waals surface area contributed by atoms with Gasteiger partial charge in [-0.25, -0.2) is 0 Å². The summed E-state index contributed by atoms with van der Waals surface area (Å²) < 4.78 is 0. The molecule has 1 N–H and O–H groups in total. The Hall–Kier alpha value is -2.02. The molecule has 1 aromatic rings. The second-order valence-electron chi connectivity index (χ2n) is 6.56. The molecule has 0 spiro atoms. The molecule has 1 saturated heterocycles. The number of hydrogen-bond acceptors (Lipinski definition) is 5. The lowest BCUT2D eigenvalue weighted by molar-refractivity contribution is -0.130. The van der Waals surface area contributed by atoms with Crippen molar-refractivity contribution < 1.29 is 19.2 Å². The molecule has 0 bridgehead atoms. The molecule has 0 aromatic carbocycles. The van der Waals surface area contributed by atoms with E-state index in [1.807, 2.05) is 17.9 Å². The van der Waals surface area contributed by atoms with Crippen molar-refractivity contribution in [2.75, 3.05) is 19.6 Å². The van der Waals surface area contributed by atoms with Gasteiger partial charge in [-0.2, -0.15) is 0 Å². The maximum atomic E-state index is 12.0. The van der Waals surface area contributed by atoms with Crippen molar-refractivity contribution in [2.24, 2.45) is 0 Å². The second-order valence-corrected chi connectivity index (χ2v) is 7.85. The van der Waals surface area contributed by atoms with Crippen LogP contribution >= 0.6 is 11.3 Å². The maximum absolute atomic E-state index is 12.0. The molecule has 7 heteroatoms. The van der Waals surface area contributed by atoms with E-state index in [9.17, 15) is 19.2 Å². The predicted molar refractivity (Wildman–Crippen MR) is 100 cm³/mol. The Morgan fingerprint density at radius 1 is 1.00 bits per heavy atom. The van der Waals surface area contributed by atoms with Crippen LogP contribution in [0, 0.1) is 6.92 Å². The minimum absolute atomic E-state index is 0.0265. The van der Waals surface area contributed by atoms with E-state index in [4.69, 9.17) is 0 Å². The lowest BCUT2D eigenvalue weighted by Gasteiger charge is -2.15. The molecule has 0 saturated carbocycles. The molecule has 2 rings (SSSR count). The molecule has 0 radical (unpaired) electrons. The highest BCUT2D eigenvalue weighted by Crippen LogP contribution is 2.17. The second kappa shape index (κ2) is 10.2. The number of Topliss-reactive ketones (excluding diaryl/α,β-unsaturated/α-hetero) is 2. The zero-order chi connectivity index (χ0) is 18.9. The number of nitrogens with one attached hydrogen (secondary N) is 1. The Morgan fingerprint density at radius 3 is 2.35 bits per heavy atom. The fourth-order valence-electron chi connectivity index (χ4n) is 2.86. The van der Waals surface area contributed by atoms with Crippen LogP contribution in [0.3, 0.4) is 0 Å². The van der Waals surface area contributed by atoms with Crippen molar-refractivity contribution in [3.8, 4) is 0 Å². The van der Waals surface area contributed by atoms with Gasteiger partial charge in [-0.1, -0.05) is 0 Å². The van der Waals surface area contributed by atoms with Crippen molar-refractivity contribution in [3.05, 3.63) is 21.9 Å². The molecule has 2 amide bonds. The highest BCUT2D eigenvalue weighted by atomic mass is 32.1. The van der Waals surface area contributed by atoms with Gasteiger partial charge in [0.2, 0.25) is 11.8 Å². The molecule has 142 valence electrons. The third-order valence-corrected chi connectivity index (χ3v) is 5.44. The fraction of sp³-hybridized carbons (Fsp3) is 0.579. The van der Waals surface area contributed by atoms with Gasteiger partial charge < -0.3 is 10.2 Å². The van der Waals surface area contributed by atoms with Gasteiger partial charge in [0, 0.05) is 56.6 Å². The van der Waals surface area contributed by atoms with Crippen LogP contribution in [0.25, 0.3) is 0 Å². The lowest BCUT2D eigenvalue weighted by atomic mass is 10.1. The number of rotatable bonds is 10. The Kier molecular flexibility index (Phi) is 7.97. The topological polar surface area (TPSA) is 83.5 Å². The monoisotopic (exact) mass is 378 g/mol. The van der Waals surface area contributed by atoms with Gasteiger partial charge in [-0.05, 0) is 31.9 Å². The highest BCUT2D eigenvalue weighted by Gasteiger charge is 2.17. The third kappa shape index (κ3) is 6.71. The van der Waals surface area contributed by atoms with E-state index in [1.165, 1.54) is 11.3 Å². The van der Waals surface area contributed by atoms with Crippen molar-refractivity contribution in [1.82, 2.24) is 10.2 Å². The average molecular weight is 378 g/mol. The summed E-state index contributed by atoms with van der Waals surface area (Å²) in [5.41, 5.74) is 0. The van der Waals surface area contributed by atoms with Crippen molar-refractivity contribution in [2.45, 2.75) is 51.9 Å². The quantitative estimate of drug-likeness (QED) is 0.634. The van der Waals surface area contributed by atoms with Gasteiger partial charge >= 0.3 is 0 Å². The molecular formula is C19H26N2O4S. The molecular weight excluding hydrogens is 352 g/mol. The number of nitrogens with zero attached hydrogens (tertiary/aromatic N) is 1. The van der Waals surface area contributed by atoms with Gasteiger partial charge in [-0.15, -0.1) is 11.3 Å². The molecule has 26 heavy (non-hydrogen) atoms. The largest absolute Gasteiger partial charge is 0.356 e. The minimum Gasteiger partial charge on any atom is -0.356 e. The summed E-state index contributed by atoms with van der Waals surface area (Å²) in [5.74, 6) is -0.273. The molecule has 1 aliphatic rings. The number of carbonyl (C=O) groups is 4. The summed E-state index contributed by atoms with van der Waals surface area (Å²) in [6.07, 6.45) is 2.98. The standard InChI is InChI=1S/C19H26N2O4S/c1-14-4-8-17(26-14)16(23)7-5-15(22)6-9-18(24)20-11-10-19(25)21-12-2-3-13-21/h4,8H,2-3,5-7,9-13H2,1H3,(H,20,24). The van der Waals surface area contributed by atoms with Gasteiger partial charge in [0.1, 0.15) is 5.78 Å². The first-order valence-corrected chi connectivity index (χ1v) is 9.93. The van der Waals surface area contributed by atoms with Crippen LogP contribution in [0.4, 0.5) is 0 Å². The molecule has 6 nitrogen and oxygen atoms in total. The summed E-state index contributed by atoms with van der Waals surface area (Å²) in [4.78, 5) is 51.0. The van der Waals surface area contributed by atoms with Crippen LogP contribution in [0.15, 0.2) is 12.1 Å². The van der Waals surface area contributed by atoms with Crippen LogP contribution in [-0.2, 0) is 14.4 Å². The van der Waals surface area contributed by atoms with E-state index in [1.54, 1.807) is 6.07 Å². The van der Waals surface area contributed by atoms with Gasteiger partial charge in [0.05, 0.1) is 4.88 Å². The zero-order valence-corrected chi connectivity index (χ0v) is 16.0. The number of aryl methyl sites for hydroxylation is 1. The van der Waals surface area contributed by atoms with Crippen LogP contribution < -0.4 is 5.32 Å². The normalized spacial score (nSPS) is 13.7. The van der Waals surface area contributed by atoms with E-state index in [0.717, 1.165) is 30.8 Å². The molecule has 1 aromatic heterocycles. The van der Waals surface area contributed by atoms with E-state index in [-0.39, 0.29) is 49.1 Å². The number of likely N-dealkylation sites (tertiary alicyclic amines) is 1. The van der Waals surface area contributed by atoms with Crippen LogP contribution in [0.5, 0.6) is 0 Å².